The molecule has 1 heterocycles. The van der Waals surface area contributed by atoms with Crippen molar-refractivity contribution in [2.45, 2.75) is 39.3 Å². The number of carbonyl (C=O) groups is 1. The predicted molar refractivity (Wildman–Crippen MR) is 131 cm³/mol. The predicted octanol–water partition coefficient (Wildman–Crippen LogP) is 6.44. The van der Waals surface area contributed by atoms with Crippen molar-refractivity contribution >= 4 is 16.9 Å². The number of carboxylic acid groups (broad SMARTS) is 1. The van der Waals surface area contributed by atoms with Gasteiger partial charge in [-0.3, -0.25) is 4.79 Å². The Morgan fingerprint density at radius 3 is 2.43 bits per heavy atom. The fourth-order valence-corrected chi connectivity index (χ4v) is 4.22. The minimum atomic E-state index is -0.897. The number of benzene rings is 3. The van der Waals surface area contributed by atoms with Crippen LogP contribution in [0.1, 0.15) is 41.5 Å². The molecule has 0 aliphatic carbocycles. The number of carboxylic acids is 1. The highest BCUT2D eigenvalue weighted by molar-refractivity contribution is 5.84. The monoisotopic (exact) mass is 473 g/mol. The summed E-state index contributed by atoms with van der Waals surface area (Å²) in [5.74, 6) is 3.97. The van der Waals surface area contributed by atoms with Crippen LogP contribution in [0.15, 0.2) is 66.9 Å². The van der Waals surface area contributed by atoms with E-state index >= 15 is 0 Å². The standard InChI is InChI=1S/C29H25F2NO3/c1-3-5-22(16-28(33)34)20-10-12-24(13-11-20)35-18-23-9-8-21-14-15-32(29(21)19(23)2)17-25-26(30)6-4-7-27(25)31/h4,6-15,22H,16-18H2,1-2H3,(H,33,34)/t22-/m0/s1. The van der Waals surface area contributed by atoms with E-state index in [1.165, 1.54) is 18.2 Å². The molecule has 0 unspecified atom stereocenters. The van der Waals surface area contributed by atoms with Gasteiger partial charge in [0.05, 0.1) is 24.4 Å². The molecule has 35 heavy (non-hydrogen) atoms. The fourth-order valence-electron chi connectivity index (χ4n) is 4.22. The first-order valence-corrected chi connectivity index (χ1v) is 11.2. The molecular formula is C29H25F2NO3. The molecule has 3 aromatic carbocycles. The lowest BCUT2D eigenvalue weighted by atomic mass is 9.96. The van der Waals surface area contributed by atoms with Gasteiger partial charge in [-0.15, -0.1) is 5.92 Å². The Bertz CT molecular complexity index is 1410. The summed E-state index contributed by atoms with van der Waals surface area (Å²) in [7, 11) is 0. The lowest BCUT2D eigenvalue weighted by Crippen LogP contribution is -2.06. The third kappa shape index (κ3) is 5.36. The summed E-state index contributed by atoms with van der Waals surface area (Å²) < 4.78 is 36.2. The molecule has 1 aromatic heterocycles. The van der Waals surface area contributed by atoms with E-state index < -0.39 is 17.6 Å². The fraction of sp³-hybridized carbons (Fsp3) is 0.207. The van der Waals surface area contributed by atoms with E-state index in [0.717, 1.165) is 27.6 Å². The number of fused-ring (bicyclic) bond motifs is 1. The van der Waals surface area contributed by atoms with E-state index in [2.05, 4.69) is 11.8 Å². The number of ether oxygens (including phenoxy) is 1. The molecule has 0 fully saturated rings. The maximum absolute atomic E-state index is 14.2. The smallest absolute Gasteiger partial charge is 0.304 e. The van der Waals surface area contributed by atoms with Crippen molar-refractivity contribution in [1.82, 2.24) is 4.57 Å². The maximum Gasteiger partial charge on any atom is 0.304 e. The molecule has 1 atom stereocenters. The maximum atomic E-state index is 14.2. The van der Waals surface area contributed by atoms with Crippen LogP contribution in [0.3, 0.4) is 0 Å². The summed E-state index contributed by atoms with van der Waals surface area (Å²) >= 11 is 0. The minimum absolute atomic E-state index is 0.0279. The first-order valence-electron chi connectivity index (χ1n) is 11.2. The van der Waals surface area contributed by atoms with Crippen LogP contribution in [0.5, 0.6) is 5.75 Å². The molecule has 1 N–H and O–H groups in total. The molecular weight excluding hydrogens is 448 g/mol. The Kier molecular flexibility index (Phi) is 7.17. The molecule has 0 aliphatic rings. The van der Waals surface area contributed by atoms with Gasteiger partial charge in [0.2, 0.25) is 0 Å². The highest BCUT2D eigenvalue weighted by atomic mass is 19.1. The summed E-state index contributed by atoms with van der Waals surface area (Å²) in [5.41, 5.74) is 3.68. The number of rotatable bonds is 8. The summed E-state index contributed by atoms with van der Waals surface area (Å²) in [6.07, 6.45) is 1.77. The Labute approximate surface area is 202 Å². The number of nitrogens with zero attached hydrogens (tertiary/aromatic N) is 1. The molecule has 178 valence electrons. The molecule has 0 aliphatic heterocycles. The number of aromatic nitrogens is 1. The summed E-state index contributed by atoms with van der Waals surface area (Å²) in [5, 5.41) is 10.1. The van der Waals surface area contributed by atoms with Crippen LogP contribution in [0.4, 0.5) is 8.78 Å². The van der Waals surface area contributed by atoms with Gasteiger partial charge in [0.25, 0.3) is 0 Å². The molecule has 0 amide bonds. The number of aliphatic carboxylic acids is 1. The third-order valence-corrected chi connectivity index (χ3v) is 6.06. The average Bonchev–Trinajstić information content (AvgIpc) is 3.24. The van der Waals surface area contributed by atoms with Gasteiger partial charge in [0, 0.05) is 11.8 Å². The molecule has 0 saturated heterocycles. The molecule has 0 radical (unpaired) electrons. The van der Waals surface area contributed by atoms with Crippen molar-refractivity contribution in [3.8, 4) is 17.6 Å². The topological polar surface area (TPSA) is 51.5 Å². The molecule has 4 aromatic rings. The highest BCUT2D eigenvalue weighted by Gasteiger charge is 2.15. The van der Waals surface area contributed by atoms with E-state index in [1.54, 1.807) is 19.1 Å². The van der Waals surface area contributed by atoms with E-state index in [9.17, 15) is 13.6 Å². The zero-order chi connectivity index (χ0) is 24.9. The van der Waals surface area contributed by atoms with Crippen LogP contribution >= 0.6 is 0 Å². The Hall–Kier alpha value is -4.11. The van der Waals surface area contributed by atoms with E-state index in [4.69, 9.17) is 9.84 Å². The van der Waals surface area contributed by atoms with Gasteiger partial charge in [-0.25, -0.2) is 8.78 Å². The number of aryl methyl sites for hydroxylation is 1. The summed E-state index contributed by atoms with van der Waals surface area (Å²) in [4.78, 5) is 11.1. The van der Waals surface area contributed by atoms with E-state index in [-0.39, 0.29) is 24.4 Å². The van der Waals surface area contributed by atoms with E-state index in [1.807, 2.05) is 48.0 Å². The van der Waals surface area contributed by atoms with Gasteiger partial charge in [0.15, 0.2) is 0 Å². The van der Waals surface area contributed by atoms with Crippen molar-refractivity contribution in [3.05, 3.63) is 101 Å². The molecule has 4 nitrogen and oxygen atoms in total. The lowest BCUT2D eigenvalue weighted by molar-refractivity contribution is -0.137. The lowest BCUT2D eigenvalue weighted by Gasteiger charge is -2.14. The number of hydrogen-bond acceptors (Lipinski definition) is 2. The van der Waals surface area contributed by atoms with Crippen LogP contribution in [0.2, 0.25) is 0 Å². The molecule has 6 heteroatoms. The number of hydrogen-bond donors (Lipinski definition) is 1. The highest BCUT2D eigenvalue weighted by Crippen LogP contribution is 2.27. The van der Waals surface area contributed by atoms with Crippen LogP contribution < -0.4 is 4.74 Å². The Morgan fingerprint density at radius 1 is 1.06 bits per heavy atom. The van der Waals surface area contributed by atoms with Gasteiger partial charge in [-0.05, 0) is 66.3 Å². The Morgan fingerprint density at radius 2 is 1.77 bits per heavy atom. The molecule has 0 saturated carbocycles. The van der Waals surface area contributed by atoms with Crippen molar-refractivity contribution in [2.75, 3.05) is 0 Å². The molecule has 0 bridgehead atoms. The first kappa shape index (κ1) is 24.0. The van der Waals surface area contributed by atoms with Crippen molar-refractivity contribution in [1.29, 1.82) is 0 Å². The SMILES string of the molecule is CC#C[C@@H](CC(=O)O)c1ccc(OCc2ccc3ccn(Cc4c(F)cccc4F)c3c2C)cc1. The van der Waals surface area contributed by atoms with Gasteiger partial charge in [-0.1, -0.05) is 36.3 Å². The van der Waals surface area contributed by atoms with Crippen molar-refractivity contribution in [3.63, 3.8) is 0 Å². The van der Waals surface area contributed by atoms with Crippen LogP contribution in [-0.4, -0.2) is 15.6 Å². The third-order valence-electron chi connectivity index (χ3n) is 6.06. The van der Waals surface area contributed by atoms with Crippen molar-refractivity contribution < 1.29 is 23.4 Å². The second kappa shape index (κ2) is 10.4. The normalized spacial score (nSPS) is 11.7. The van der Waals surface area contributed by atoms with Gasteiger partial charge in [-0.2, -0.15) is 0 Å². The zero-order valence-corrected chi connectivity index (χ0v) is 19.5. The molecule has 4 rings (SSSR count). The van der Waals surface area contributed by atoms with Crippen molar-refractivity contribution in [2.24, 2.45) is 0 Å². The van der Waals surface area contributed by atoms with Crippen LogP contribution in [0, 0.1) is 30.4 Å². The van der Waals surface area contributed by atoms with E-state index in [0.29, 0.717) is 12.4 Å². The van der Waals surface area contributed by atoms with Crippen LogP contribution in [0.25, 0.3) is 10.9 Å². The van der Waals surface area contributed by atoms with Gasteiger partial charge >= 0.3 is 5.97 Å². The average molecular weight is 474 g/mol. The first-order chi connectivity index (χ1) is 16.9. The minimum Gasteiger partial charge on any atom is -0.489 e. The largest absolute Gasteiger partial charge is 0.489 e. The van der Waals surface area contributed by atoms with Gasteiger partial charge < -0.3 is 14.4 Å². The number of halogens is 2. The second-order valence-corrected chi connectivity index (χ2v) is 8.33. The van der Waals surface area contributed by atoms with Crippen LogP contribution in [-0.2, 0) is 17.9 Å². The van der Waals surface area contributed by atoms with Gasteiger partial charge in [0.1, 0.15) is 24.0 Å². The summed E-state index contributed by atoms with van der Waals surface area (Å²) in [6, 6.07) is 17.0. The zero-order valence-electron chi connectivity index (χ0n) is 19.5. The quantitative estimate of drug-likeness (QED) is 0.300. The Balaban J connectivity index is 1.53. The molecule has 0 spiro atoms. The second-order valence-electron chi connectivity index (χ2n) is 8.33. The summed E-state index contributed by atoms with van der Waals surface area (Å²) in [6.45, 7) is 4.06.